The fourth-order valence-electron chi connectivity index (χ4n) is 1.90. The average Bonchev–Trinajstić information content (AvgIpc) is 3.00. The summed E-state index contributed by atoms with van der Waals surface area (Å²) in [6.07, 6.45) is 0.992. The molecule has 0 aliphatic carbocycles. The number of hydrogen-bond acceptors (Lipinski definition) is 3. The van der Waals surface area contributed by atoms with Crippen molar-refractivity contribution < 1.29 is 4.79 Å². The molecule has 0 aliphatic rings. The summed E-state index contributed by atoms with van der Waals surface area (Å²) < 4.78 is 0. The number of hydrogen-bond donors (Lipinski definition) is 1. The van der Waals surface area contributed by atoms with Crippen molar-refractivity contribution in [1.82, 2.24) is 0 Å². The fourth-order valence-corrected chi connectivity index (χ4v) is 2.75. The summed E-state index contributed by atoms with van der Waals surface area (Å²) in [5, 5.41) is 0. The van der Waals surface area contributed by atoms with Gasteiger partial charge in [0.25, 0.3) is 5.91 Å². The van der Waals surface area contributed by atoms with E-state index in [4.69, 9.17) is 5.73 Å². The molecule has 0 radical (unpaired) electrons. The van der Waals surface area contributed by atoms with E-state index in [-0.39, 0.29) is 5.91 Å². The first-order chi connectivity index (χ1) is 10.2. The van der Waals surface area contributed by atoms with Crippen LogP contribution in [0.5, 0.6) is 0 Å². The molecule has 1 amide bonds. The normalized spacial score (nSPS) is 9.86. The summed E-state index contributed by atoms with van der Waals surface area (Å²) >= 11 is 1.39. The van der Waals surface area contributed by atoms with E-state index >= 15 is 0 Å². The third-order valence-corrected chi connectivity index (χ3v) is 4.16. The number of benzene rings is 1. The lowest BCUT2D eigenvalue weighted by molar-refractivity contribution is 0.0997. The molecule has 1 aromatic carbocycles. The topological polar surface area (TPSA) is 46.3 Å². The molecule has 3 nitrogen and oxygen atoms in total. The van der Waals surface area contributed by atoms with Crippen LogP contribution in [-0.2, 0) is 6.42 Å². The molecule has 4 heteroatoms. The fraction of sp³-hybridized carbons (Fsp3) is 0.235. The van der Waals surface area contributed by atoms with E-state index in [1.165, 1.54) is 16.9 Å². The maximum atomic E-state index is 12.5. The molecule has 2 rings (SSSR count). The van der Waals surface area contributed by atoms with E-state index in [1.54, 1.807) is 11.9 Å². The van der Waals surface area contributed by atoms with E-state index in [1.807, 2.05) is 36.4 Å². The lowest BCUT2D eigenvalue weighted by Gasteiger charge is -2.16. The molecule has 0 fully saturated rings. The Kier molecular flexibility index (Phi) is 5.15. The van der Waals surface area contributed by atoms with Crippen molar-refractivity contribution in [3.05, 3.63) is 51.7 Å². The van der Waals surface area contributed by atoms with E-state index in [0.717, 1.165) is 17.0 Å². The molecule has 0 saturated carbocycles. The molecule has 0 unspecified atom stereocenters. The Hall–Kier alpha value is -2.09. The SMILES string of the molecule is CCc1ccc(N(C)C(=O)c2ccc(C#CCN)s2)cc1. The Labute approximate surface area is 129 Å². The Morgan fingerprint density at radius 2 is 1.95 bits per heavy atom. The van der Waals surface area contributed by atoms with Crippen LogP contribution in [0.2, 0.25) is 0 Å². The van der Waals surface area contributed by atoms with Gasteiger partial charge in [0.05, 0.1) is 16.3 Å². The minimum Gasteiger partial charge on any atom is -0.320 e. The molecule has 108 valence electrons. The summed E-state index contributed by atoms with van der Waals surface area (Å²) in [5.74, 6) is 5.72. The highest BCUT2D eigenvalue weighted by Crippen LogP contribution is 2.21. The number of carbonyl (C=O) groups is 1. The van der Waals surface area contributed by atoms with Crippen molar-refractivity contribution in [2.24, 2.45) is 5.73 Å². The molecule has 1 heterocycles. The number of carbonyl (C=O) groups excluding carboxylic acids is 1. The highest BCUT2D eigenvalue weighted by molar-refractivity contribution is 7.14. The Bertz CT molecular complexity index is 677. The zero-order chi connectivity index (χ0) is 15.2. The van der Waals surface area contributed by atoms with Crippen LogP contribution in [0.1, 0.15) is 27.0 Å². The first-order valence-corrected chi connectivity index (χ1v) is 7.63. The highest BCUT2D eigenvalue weighted by Gasteiger charge is 2.15. The summed E-state index contributed by atoms with van der Waals surface area (Å²) in [6, 6.07) is 11.7. The maximum absolute atomic E-state index is 12.5. The van der Waals surface area contributed by atoms with E-state index in [2.05, 4.69) is 18.8 Å². The van der Waals surface area contributed by atoms with Gasteiger partial charge >= 0.3 is 0 Å². The number of anilines is 1. The monoisotopic (exact) mass is 298 g/mol. The van der Waals surface area contributed by atoms with Crippen LogP contribution in [0.3, 0.4) is 0 Å². The van der Waals surface area contributed by atoms with Crippen molar-refractivity contribution in [2.75, 3.05) is 18.5 Å². The number of nitrogens with zero attached hydrogens (tertiary/aromatic N) is 1. The lowest BCUT2D eigenvalue weighted by atomic mass is 10.1. The van der Waals surface area contributed by atoms with Crippen molar-refractivity contribution in [2.45, 2.75) is 13.3 Å². The minimum absolute atomic E-state index is 0.0231. The van der Waals surface area contributed by atoms with Crippen LogP contribution >= 0.6 is 11.3 Å². The third-order valence-electron chi connectivity index (χ3n) is 3.17. The number of amides is 1. The average molecular weight is 298 g/mol. The molecule has 2 N–H and O–H groups in total. The van der Waals surface area contributed by atoms with Gasteiger partial charge in [0, 0.05) is 12.7 Å². The van der Waals surface area contributed by atoms with Gasteiger partial charge in [0.1, 0.15) is 0 Å². The molecule has 21 heavy (non-hydrogen) atoms. The minimum atomic E-state index is -0.0231. The van der Waals surface area contributed by atoms with E-state index in [0.29, 0.717) is 11.4 Å². The second-order valence-corrected chi connectivity index (χ2v) is 5.64. The van der Waals surface area contributed by atoms with Gasteiger partial charge in [-0.2, -0.15) is 0 Å². The number of nitrogens with two attached hydrogens (primary N) is 1. The maximum Gasteiger partial charge on any atom is 0.268 e. The molecule has 0 spiro atoms. The quantitative estimate of drug-likeness (QED) is 0.886. The summed E-state index contributed by atoms with van der Waals surface area (Å²) in [6.45, 7) is 2.43. The second kappa shape index (κ2) is 7.07. The van der Waals surface area contributed by atoms with Crippen LogP contribution in [0.15, 0.2) is 36.4 Å². The standard InChI is InChI=1S/C17H18N2OS/c1-3-13-6-8-14(9-7-13)19(2)17(20)16-11-10-15(21-16)5-4-12-18/h6-11H,3,12,18H2,1-2H3. The van der Waals surface area contributed by atoms with Gasteiger partial charge in [-0.05, 0) is 36.2 Å². The number of rotatable bonds is 3. The molecule has 2 aromatic rings. The van der Waals surface area contributed by atoms with Crippen molar-refractivity contribution in [3.63, 3.8) is 0 Å². The molecular formula is C17H18N2OS. The van der Waals surface area contributed by atoms with Crippen LogP contribution in [0, 0.1) is 11.8 Å². The first-order valence-electron chi connectivity index (χ1n) is 6.81. The molecule has 0 bridgehead atoms. The largest absolute Gasteiger partial charge is 0.320 e. The predicted octanol–water partition coefficient (Wildman–Crippen LogP) is 2.90. The van der Waals surface area contributed by atoms with Crippen LogP contribution in [-0.4, -0.2) is 19.5 Å². The summed E-state index contributed by atoms with van der Waals surface area (Å²) in [5.41, 5.74) is 7.50. The Morgan fingerprint density at radius 3 is 2.57 bits per heavy atom. The molecule has 0 aliphatic heterocycles. The van der Waals surface area contributed by atoms with Gasteiger partial charge in [-0.3, -0.25) is 4.79 Å². The lowest BCUT2D eigenvalue weighted by Crippen LogP contribution is -2.25. The van der Waals surface area contributed by atoms with E-state index < -0.39 is 0 Å². The molecule has 0 saturated heterocycles. The van der Waals surface area contributed by atoms with Crippen molar-refractivity contribution in [1.29, 1.82) is 0 Å². The summed E-state index contributed by atoms with van der Waals surface area (Å²) in [4.78, 5) is 15.6. The van der Waals surface area contributed by atoms with Crippen molar-refractivity contribution >= 4 is 22.9 Å². The highest BCUT2D eigenvalue weighted by atomic mass is 32.1. The van der Waals surface area contributed by atoms with Gasteiger partial charge in [-0.15, -0.1) is 11.3 Å². The van der Waals surface area contributed by atoms with Gasteiger partial charge < -0.3 is 10.6 Å². The third kappa shape index (κ3) is 3.72. The zero-order valence-corrected chi connectivity index (χ0v) is 13.0. The Balaban J connectivity index is 2.16. The Morgan fingerprint density at radius 1 is 1.24 bits per heavy atom. The number of thiophene rings is 1. The molecule has 1 aromatic heterocycles. The van der Waals surface area contributed by atoms with Gasteiger partial charge in [0.15, 0.2) is 0 Å². The van der Waals surface area contributed by atoms with Gasteiger partial charge in [0.2, 0.25) is 0 Å². The van der Waals surface area contributed by atoms with Crippen LogP contribution in [0.4, 0.5) is 5.69 Å². The predicted molar refractivity (Wildman–Crippen MR) is 88.8 cm³/mol. The zero-order valence-electron chi connectivity index (χ0n) is 12.2. The second-order valence-electron chi connectivity index (χ2n) is 4.55. The van der Waals surface area contributed by atoms with Crippen LogP contribution < -0.4 is 10.6 Å². The van der Waals surface area contributed by atoms with Crippen LogP contribution in [0.25, 0.3) is 0 Å². The first kappa shape index (κ1) is 15.3. The smallest absolute Gasteiger partial charge is 0.268 e. The molecule has 0 atom stereocenters. The van der Waals surface area contributed by atoms with Crippen molar-refractivity contribution in [3.8, 4) is 11.8 Å². The van der Waals surface area contributed by atoms with Gasteiger partial charge in [-0.25, -0.2) is 0 Å². The number of aryl methyl sites for hydroxylation is 1. The van der Waals surface area contributed by atoms with Gasteiger partial charge in [-0.1, -0.05) is 30.9 Å². The molecular weight excluding hydrogens is 280 g/mol. The summed E-state index contributed by atoms with van der Waals surface area (Å²) in [7, 11) is 1.79. The van der Waals surface area contributed by atoms with E-state index in [9.17, 15) is 4.79 Å².